The van der Waals surface area contributed by atoms with E-state index in [1.807, 2.05) is 25.7 Å². The number of benzene rings is 2. The molecule has 60 heavy (non-hydrogen) atoms. The second-order valence-corrected chi connectivity index (χ2v) is 19.2. The number of ether oxygens (including phenoxy) is 4. The average molecular weight is 850 g/mol. The lowest BCUT2D eigenvalue weighted by Crippen LogP contribution is -2.58. The number of thiophene rings is 1. The van der Waals surface area contributed by atoms with Crippen molar-refractivity contribution in [3.63, 3.8) is 0 Å². The summed E-state index contributed by atoms with van der Waals surface area (Å²) in [4.78, 5) is 41.4. The molecule has 1 unspecified atom stereocenters. The second-order valence-electron chi connectivity index (χ2n) is 18.2. The predicted octanol–water partition coefficient (Wildman–Crippen LogP) is 8.57. The molecule has 0 radical (unpaired) electrons. The lowest BCUT2D eigenvalue weighted by atomic mass is 9.95. The molecule has 4 aliphatic rings. The van der Waals surface area contributed by atoms with Gasteiger partial charge in [-0.3, -0.25) is 15.1 Å². The van der Waals surface area contributed by atoms with Gasteiger partial charge >= 0.3 is 18.2 Å². The molecule has 3 atom stereocenters. The Morgan fingerprint density at radius 3 is 2.47 bits per heavy atom. The average Bonchev–Trinajstić information content (AvgIpc) is 3.70. The molecule has 2 amide bonds. The SMILES string of the molecule is CC(C)(C)OC(=O)Nc1sc2c(F)ccc(-c3ccc4c(N5CCN(C(=O)OC(C)(C)C)C(COC6CC6)C5)nc(OC[C@@]56CCCN5C[C@H](F)C6)nc4c3F)c2c1C#N. The predicted molar refractivity (Wildman–Crippen MR) is 221 cm³/mol. The monoisotopic (exact) mass is 849 g/mol. The molecule has 320 valence electrons. The molecular weight excluding hydrogens is 800 g/mol. The number of rotatable bonds is 9. The fraction of sp³-hybridized carbons (Fsp3) is 0.558. The summed E-state index contributed by atoms with van der Waals surface area (Å²) in [6, 6.07) is 7.36. The number of alkyl halides is 1. The molecular formula is C43H50F3N7O6S. The van der Waals surface area contributed by atoms with E-state index < -0.39 is 52.8 Å². The van der Waals surface area contributed by atoms with Gasteiger partial charge in [0.1, 0.15) is 52.2 Å². The highest BCUT2D eigenvalue weighted by Gasteiger charge is 2.49. The van der Waals surface area contributed by atoms with Crippen molar-refractivity contribution in [3.8, 4) is 23.2 Å². The van der Waals surface area contributed by atoms with Crippen LogP contribution >= 0.6 is 11.3 Å². The fourth-order valence-electron chi connectivity index (χ4n) is 8.51. The number of carbonyl (C=O) groups excluding carboxylic acids is 2. The first-order valence-electron chi connectivity index (χ1n) is 20.5. The standard InChI is InChI=1S/C43H50F3N7O6S/c1-41(2,3)58-39(54)50-37-30(19-47)32-27(12-13-31(45)35(32)60-37)28-10-11-29-34(33(28)46)48-38(57-23-43-14-7-15-52(43)20-24(44)18-43)49-36(29)51-16-17-53(40(55)59-42(4,5)6)25(21-51)22-56-26-8-9-26/h10-13,24-26H,7-9,14-18,20-23H2,1-6H3,(H,50,54)/t24-,25?,43+/m1/s1. The van der Waals surface area contributed by atoms with Crippen molar-refractivity contribution >= 4 is 55.3 Å². The topological polar surface area (TPSA) is 142 Å². The van der Waals surface area contributed by atoms with E-state index in [0.29, 0.717) is 30.7 Å². The van der Waals surface area contributed by atoms with Crippen LogP contribution in [0.3, 0.4) is 0 Å². The van der Waals surface area contributed by atoms with Crippen molar-refractivity contribution in [2.45, 2.75) is 109 Å². The molecule has 8 rings (SSSR count). The summed E-state index contributed by atoms with van der Waals surface area (Å²) in [5.74, 6) is -1.04. The normalized spacial score (nSPS) is 22.3. The van der Waals surface area contributed by atoms with Crippen LogP contribution in [0.1, 0.15) is 79.2 Å². The molecule has 4 aromatic rings. The molecule has 5 heterocycles. The van der Waals surface area contributed by atoms with Gasteiger partial charge in [-0.05, 0) is 91.5 Å². The summed E-state index contributed by atoms with van der Waals surface area (Å²) >= 11 is 0.850. The zero-order valence-electron chi connectivity index (χ0n) is 34.7. The quantitative estimate of drug-likeness (QED) is 0.173. The summed E-state index contributed by atoms with van der Waals surface area (Å²) in [6.07, 6.45) is 1.73. The molecule has 2 aromatic carbocycles. The van der Waals surface area contributed by atoms with E-state index in [1.165, 1.54) is 18.2 Å². The number of anilines is 2. The van der Waals surface area contributed by atoms with Crippen LogP contribution in [-0.2, 0) is 14.2 Å². The van der Waals surface area contributed by atoms with Gasteiger partial charge in [-0.15, -0.1) is 11.3 Å². The molecule has 2 aromatic heterocycles. The molecule has 3 aliphatic heterocycles. The van der Waals surface area contributed by atoms with E-state index >= 15 is 8.78 Å². The Morgan fingerprint density at radius 2 is 1.75 bits per heavy atom. The highest BCUT2D eigenvalue weighted by Crippen LogP contribution is 2.45. The lowest BCUT2D eigenvalue weighted by molar-refractivity contribution is -0.00392. The summed E-state index contributed by atoms with van der Waals surface area (Å²) in [5, 5.41) is 13.5. The minimum absolute atomic E-state index is 0.0308. The summed E-state index contributed by atoms with van der Waals surface area (Å²) in [6.45, 7) is 12.9. The smallest absolute Gasteiger partial charge is 0.412 e. The van der Waals surface area contributed by atoms with Gasteiger partial charge in [-0.1, -0.05) is 12.1 Å². The van der Waals surface area contributed by atoms with E-state index in [-0.39, 0.29) is 75.7 Å². The van der Waals surface area contributed by atoms with E-state index in [1.54, 1.807) is 31.7 Å². The van der Waals surface area contributed by atoms with Crippen LogP contribution in [0.4, 0.5) is 33.6 Å². The van der Waals surface area contributed by atoms with E-state index in [2.05, 4.69) is 21.3 Å². The maximum atomic E-state index is 17.4. The van der Waals surface area contributed by atoms with Crippen molar-refractivity contribution in [1.82, 2.24) is 19.8 Å². The zero-order chi connectivity index (χ0) is 42.7. The summed E-state index contributed by atoms with van der Waals surface area (Å²) in [5.41, 5.74) is -1.96. The van der Waals surface area contributed by atoms with Gasteiger partial charge in [0, 0.05) is 48.9 Å². The number of halogens is 3. The molecule has 1 aliphatic carbocycles. The number of aromatic nitrogens is 2. The van der Waals surface area contributed by atoms with Crippen LogP contribution in [0.2, 0.25) is 0 Å². The van der Waals surface area contributed by atoms with E-state index in [0.717, 1.165) is 43.6 Å². The third kappa shape index (κ3) is 8.51. The minimum Gasteiger partial charge on any atom is -0.461 e. The Morgan fingerprint density at radius 1 is 1.00 bits per heavy atom. The molecule has 4 fully saturated rings. The molecule has 0 spiro atoms. The summed E-state index contributed by atoms with van der Waals surface area (Å²) < 4.78 is 71.2. The molecule has 3 saturated heterocycles. The number of carbonyl (C=O) groups is 2. The molecule has 13 nitrogen and oxygen atoms in total. The lowest BCUT2D eigenvalue weighted by Gasteiger charge is -2.42. The van der Waals surface area contributed by atoms with Crippen LogP contribution in [0.5, 0.6) is 6.01 Å². The third-order valence-electron chi connectivity index (χ3n) is 11.3. The van der Waals surface area contributed by atoms with Gasteiger partial charge in [0.2, 0.25) is 0 Å². The van der Waals surface area contributed by atoms with Crippen LogP contribution in [0.25, 0.3) is 32.1 Å². The minimum atomic E-state index is -0.985. The van der Waals surface area contributed by atoms with E-state index in [9.17, 15) is 19.2 Å². The van der Waals surface area contributed by atoms with Crippen molar-refractivity contribution in [3.05, 3.63) is 41.5 Å². The number of nitrogens with zero attached hydrogens (tertiary/aromatic N) is 6. The number of hydrogen-bond donors (Lipinski definition) is 1. The van der Waals surface area contributed by atoms with Crippen molar-refractivity contribution < 1.29 is 41.7 Å². The van der Waals surface area contributed by atoms with Gasteiger partial charge in [-0.25, -0.2) is 22.8 Å². The molecule has 0 bridgehead atoms. The van der Waals surface area contributed by atoms with Gasteiger partial charge < -0.3 is 23.8 Å². The van der Waals surface area contributed by atoms with Crippen LogP contribution < -0.4 is 15.0 Å². The van der Waals surface area contributed by atoms with Crippen molar-refractivity contribution in [2.24, 2.45) is 0 Å². The Kier molecular flexibility index (Phi) is 11.0. The Balaban J connectivity index is 1.21. The maximum Gasteiger partial charge on any atom is 0.412 e. The number of hydrogen-bond acceptors (Lipinski definition) is 12. The van der Waals surface area contributed by atoms with Crippen LogP contribution in [0, 0.1) is 23.0 Å². The Bertz CT molecular complexity index is 2370. The first-order valence-corrected chi connectivity index (χ1v) is 21.3. The zero-order valence-corrected chi connectivity index (χ0v) is 35.5. The van der Waals surface area contributed by atoms with Gasteiger partial charge in [0.25, 0.3) is 0 Å². The number of piperazine rings is 1. The van der Waals surface area contributed by atoms with E-state index in [4.69, 9.17) is 23.9 Å². The number of fused-ring (bicyclic) bond motifs is 3. The van der Waals surface area contributed by atoms with Crippen LogP contribution in [-0.4, -0.2) is 113 Å². The van der Waals surface area contributed by atoms with Gasteiger partial charge in [-0.2, -0.15) is 15.2 Å². The number of nitriles is 1. The maximum absolute atomic E-state index is 17.4. The van der Waals surface area contributed by atoms with Gasteiger partial charge in [0.15, 0.2) is 5.82 Å². The number of amides is 2. The molecule has 17 heteroatoms. The highest BCUT2D eigenvalue weighted by atomic mass is 32.1. The Labute approximate surface area is 350 Å². The largest absolute Gasteiger partial charge is 0.461 e. The molecule has 1 N–H and O–H groups in total. The molecule has 1 saturated carbocycles. The van der Waals surface area contributed by atoms with Crippen molar-refractivity contribution in [1.29, 1.82) is 5.26 Å². The van der Waals surface area contributed by atoms with Crippen molar-refractivity contribution in [2.75, 3.05) is 56.2 Å². The third-order valence-corrected chi connectivity index (χ3v) is 12.4. The highest BCUT2D eigenvalue weighted by molar-refractivity contribution is 7.23. The van der Waals surface area contributed by atoms with Crippen LogP contribution in [0.15, 0.2) is 24.3 Å². The fourth-order valence-corrected chi connectivity index (χ4v) is 9.58. The number of nitrogens with one attached hydrogen (secondary N) is 1. The summed E-state index contributed by atoms with van der Waals surface area (Å²) in [7, 11) is 0. The Hall–Kier alpha value is -4.92. The van der Waals surface area contributed by atoms with Gasteiger partial charge in [0.05, 0.1) is 34.6 Å². The first-order chi connectivity index (χ1) is 28.4. The first kappa shape index (κ1) is 41.8. The second kappa shape index (κ2) is 15.8.